The quantitative estimate of drug-likeness (QED) is 0.484. The molecule has 0 saturated carbocycles. The molecule has 0 spiro atoms. The highest BCUT2D eigenvalue weighted by atomic mass is 16.5. The lowest BCUT2D eigenvalue weighted by molar-refractivity contribution is -0.144. The summed E-state index contributed by atoms with van der Waals surface area (Å²) in [6.45, 7) is 7.80. The van der Waals surface area contributed by atoms with Gasteiger partial charge in [-0.3, -0.25) is 4.79 Å². The standard InChI is InChI=1S/C10H15NO3/c1-7(2)10(13)14-9-4-5-11(6-9)8(3)12/h9H,1,4-6H2,2-3H3. The Bertz CT molecular complexity index is 273. The molecule has 0 radical (unpaired) electrons. The molecule has 1 heterocycles. The molecule has 1 rings (SSSR count). The van der Waals surface area contributed by atoms with Gasteiger partial charge in [-0.2, -0.15) is 0 Å². The lowest BCUT2D eigenvalue weighted by Gasteiger charge is -2.14. The molecule has 1 unspecified atom stereocenters. The van der Waals surface area contributed by atoms with Crippen LogP contribution < -0.4 is 0 Å². The fraction of sp³-hybridized carbons (Fsp3) is 0.600. The SMILES string of the molecule is C=C(C)C(=O)OC1CCN(C(C)=O)C1. The highest BCUT2D eigenvalue weighted by Crippen LogP contribution is 2.13. The second kappa shape index (κ2) is 4.26. The molecule has 14 heavy (non-hydrogen) atoms. The Morgan fingerprint density at radius 2 is 2.07 bits per heavy atom. The minimum Gasteiger partial charge on any atom is -0.457 e. The van der Waals surface area contributed by atoms with Gasteiger partial charge in [0.25, 0.3) is 0 Å². The maximum atomic E-state index is 11.2. The second-order valence-electron chi connectivity index (χ2n) is 3.56. The number of amides is 1. The summed E-state index contributed by atoms with van der Waals surface area (Å²) in [5.74, 6) is -0.348. The average molecular weight is 197 g/mol. The van der Waals surface area contributed by atoms with Crippen LogP contribution >= 0.6 is 0 Å². The number of carbonyl (C=O) groups excluding carboxylic acids is 2. The van der Waals surface area contributed by atoms with E-state index in [0.29, 0.717) is 18.7 Å². The zero-order chi connectivity index (χ0) is 10.7. The molecule has 4 heteroatoms. The van der Waals surface area contributed by atoms with E-state index in [9.17, 15) is 9.59 Å². The molecule has 0 N–H and O–H groups in total. The number of carbonyl (C=O) groups is 2. The van der Waals surface area contributed by atoms with Gasteiger partial charge >= 0.3 is 5.97 Å². The van der Waals surface area contributed by atoms with Crippen LogP contribution in [0, 0.1) is 0 Å². The summed E-state index contributed by atoms with van der Waals surface area (Å²) in [5, 5.41) is 0. The Morgan fingerprint density at radius 1 is 1.43 bits per heavy atom. The zero-order valence-electron chi connectivity index (χ0n) is 8.58. The number of rotatable bonds is 2. The first-order valence-corrected chi connectivity index (χ1v) is 4.62. The van der Waals surface area contributed by atoms with Crippen molar-refractivity contribution in [3.63, 3.8) is 0 Å². The minimum atomic E-state index is -0.375. The van der Waals surface area contributed by atoms with Crippen molar-refractivity contribution in [2.75, 3.05) is 13.1 Å². The summed E-state index contributed by atoms with van der Waals surface area (Å²) in [6.07, 6.45) is 0.557. The second-order valence-corrected chi connectivity index (χ2v) is 3.56. The van der Waals surface area contributed by atoms with Crippen molar-refractivity contribution < 1.29 is 14.3 Å². The van der Waals surface area contributed by atoms with Crippen molar-refractivity contribution in [3.05, 3.63) is 12.2 Å². The average Bonchev–Trinajstić information content (AvgIpc) is 2.52. The van der Waals surface area contributed by atoms with Crippen LogP contribution in [0.25, 0.3) is 0 Å². The van der Waals surface area contributed by atoms with Crippen molar-refractivity contribution in [1.29, 1.82) is 0 Å². The summed E-state index contributed by atoms with van der Waals surface area (Å²) in [5.41, 5.74) is 0.395. The molecule has 4 nitrogen and oxygen atoms in total. The molecule has 1 saturated heterocycles. The molecule has 0 aliphatic carbocycles. The lowest BCUT2D eigenvalue weighted by Crippen LogP contribution is -2.28. The van der Waals surface area contributed by atoms with Crippen LogP contribution in [0.1, 0.15) is 20.3 Å². The topological polar surface area (TPSA) is 46.6 Å². The molecule has 1 aliphatic rings. The van der Waals surface area contributed by atoms with Gasteiger partial charge in [0, 0.05) is 25.5 Å². The first kappa shape index (κ1) is 10.8. The maximum absolute atomic E-state index is 11.2. The van der Waals surface area contributed by atoms with Gasteiger partial charge in [-0.25, -0.2) is 4.79 Å². The van der Waals surface area contributed by atoms with Crippen molar-refractivity contribution >= 4 is 11.9 Å². The predicted molar refractivity (Wildman–Crippen MR) is 51.6 cm³/mol. The third kappa shape index (κ3) is 2.58. The summed E-state index contributed by atoms with van der Waals surface area (Å²) in [6, 6.07) is 0. The van der Waals surface area contributed by atoms with Crippen LogP contribution in [-0.2, 0) is 14.3 Å². The molecule has 1 atom stereocenters. The first-order chi connectivity index (χ1) is 6.50. The number of hydrogen-bond donors (Lipinski definition) is 0. The van der Waals surface area contributed by atoms with E-state index in [1.165, 1.54) is 6.92 Å². The van der Waals surface area contributed by atoms with Gasteiger partial charge in [-0.15, -0.1) is 0 Å². The van der Waals surface area contributed by atoms with Gasteiger partial charge in [0.15, 0.2) is 0 Å². The Hall–Kier alpha value is -1.32. The Morgan fingerprint density at radius 3 is 2.50 bits per heavy atom. The third-order valence-corrected chi connectivity index (χ3v) is 2.21. The molecule has 0 aromatic heterocycles. The van der Waals surface area contributed by atoms with E-state index < -0.39 is 0 Å². The number of likely N-dealkylation sites (tertiary alicyclic amines) is 1. The molecular weight excluding hydrogens is 182 g/mol. The van der Waals surface area contributed by atoms with Crippen LogP contribution in [0.3, 0.4) is 0 Å². The highest BCUT2D eigenvalue weighted by molar-refractivity contribution is 5.87. The Kier molecular flexibility index (Phi) is 3.28. The van der Waals surface area contributed by atoms with Gasteiger partial charge < -0.3 is 9.64 Å². The molecule has 78 valence electrons. The van der Waals surface area contributed by atoms with E-state index in [4.69, 9.17) is 4.74 Å². The number of ether oxygens (including phenoxy) is 1. The fourth-order valence-electron chi connectivity index (χ4n) is 1.36. The van der Waals surface area contributed by atoms with E-state index in [0.717, 1.165) is 6.42 Å². The molecular formula is C10H15NO3. The lowest BCUT2D eigenvalue weighted by atomic mass is 10.3. The van der Waals surface area contributed by atoms with Crippen molar-refractivity contribution in [2.45, 2.75) is 26.4 Å². The molecule has 1 amide bonds. The third-order valence-electron chi connectivity index (χ3n) is 2.21. The van der Waals surface area contributed by atoms with Gasteiger partial charge in [0.2, 0.25) is 5.91 Å². The summed E-state index contributed by atoms with van der Waals surface area (Å²) >= 11 is 0. The predicted octanol–water partition coefficient (Wildman–Crippen LogP) is 0.726. The largest absolute Gasteiger partial charge is 0.457 e. The smallest absolute Gasteiger partial charge is 0.333 e. The summed E-state index contributed by atoms with van der Waals surface area (Å²) in [4.78, 5) is 23.8. The fourth-order valence-corrected chi connectivity index (χ4v) is 1.36. The van der Waals surface area contributed by atoms with Crippen LogP contribution in [0.5, 0.6) is 0 Å². The number of esters is 1. The van der Waals surface area contributed by atoms with Crippen molar-refractivity contribution in [3.8, 4) is 0 Å². The van der Waals surface area contributed by atoms with Gasteiger partial charge in [-0.05, 0) is 6.92 Å². The van der Waals surface area contributed by atoms with E-state index in [1.54, 1.807) is 11.8 Å². The molecule has 0 aromatic rings. The van der Waals surface area contributed by atoms with Gasteiger partial charge in [0.1, 0.15) is 6.10 Å². The van der Waals surface area contributed by atoms with Gasteiger partial charge in [0.05, 0.1) is 6.54 Å². The highest BCUT2D eigenvalue weighted by Gasteiger charge is 2.26. The van der Waals surface area contributed by atoms with Gasteiger partial charge in [-0.1, -0.05) is 6.58 Å². The molecule has 0 aromatic carbocycles. The Labute approximate surface area is 83.5 Å². The van der Waals surface area contributed by atoms with Crippen LogP contribution in [0.4, 0.5) is 0 Å². The summed E-state index contributed by atoms with van der Waals surface area (Å²) < 4.78 is 5.12. The van der Waals surface area contributed by atoms with E-state index >= 15 is 0 Å². The summed E-state index contributed by atoms with van der Waals surface area (Å²) in [7, 11) is 0. The number of hydrogen-bond acceptors (Lipinski definition) is 3. The molecule has 0 bridgehead atoms. The van der Waals surface area contributed by atoms with Crippen LogP contribution in [0.15, 0.2) is 12.2 Å². The normalized spacial score (nSPS) is 20.7. The molecule has 1 aliphatic heterocycles. The minimum absolute atomic E-state index is 0.0267. The first-order valence-electron chi connectivity index (χ1n) is 4.62. The monoisotopic (exact) mass is 197 g/mol. The number of nitrogens with zero attached hydrogens (tertiary/aromatic N) is 1. The molecule has 1 fully saturated rings. The maximum Gasteiger partial charge on any atom is 0.333 e. The van der Waals surface area contributed by atoms with Crippen LogP contribution in [-0.4, -0.2) is 36.0 Å². The van der Waals surface area contributed by atoms with E-state index in [-0.39, 0.29) is 18.0 Å². The Balaban J connectivity index is 2.40. The van der Waals surface area contributed by atoms with Crippen molar-refractivity contribution in [2.24, 2.45) is 0 Å². The van der Waals surface area contributed by atoms with E-state index in [2.05, 4.69) is 6.58 Å². The zero-order valence-corrected chi connectivity index (χ0v) is 8.58. The van der Waals surface area contributed by atoms with E-state index in [1.807, 2.05) is 0 Å². The van der Waals surface area contributed by atoms with Crippen LogP contribution in [0.2, 0.25) is 0 Å². The van der Waals surface area contributed by atoms with Crippen molar-refractivity contribution in [1.82, 2.24) is 4.90 Å².